The van der Waals surface area contributed by atoms with Gasteiger partial charge in [-0.05, 0) is 48.4 Å². The van der Waals surface area contributed by atoms with Crippen LogP contribution in [0, 0.1) is 6.92 Å². The SMILES string of the molecule is COc1ccc(Cn2nc(C)c3cc(-c4cccc(C(=O)O)c4)cnc32)cc1. The van der Waals surface area contributed by atoms with Crippen molar-refractivity contribution in [2.24, 2.45) is 0 Å². The molecule has 0 atom stereocenters. The molecule has 0 fully saturated rings. The summed E-state index contributed by atoms with van der Waals surface area (Å²) in [4.78, 5) is 15.8. The molecular formula is C22H19N3O3. The van der Waals surface area contributed by atoms with Crippen LogP contribution < -0.4 is 4.74 Å². The van der Waals surface area contributed by atoms with Gasteiger partial charge >= 0.3 is 5.97 Å². The van der Waals surface area contributed by atoms with Crippen LogP contribution in [0.4, 0.5) is 0 Å². The van der Waals surface area contributed by atoms with Crippen molar-refractivity contribution >= 4 is 17.0 Å². The van der Waals surface area contributed by atoms with E-state index in [4.69, 9.17) is 4.74 Å². The second-order valence-corrected chi connectivity index (χ2v) is 6.57. The molecule has 0 saturated carbocycles. The summed E-state index contributed by atoms with van der Waals surface area (Å²) in [6.45, 7) is 2.56. The summed E-state index contributed by atoms with van der Waals surface area (Å²) in [6.07, 6.45) is 1.76. The van der Waals surface area contributed by atoms with Crippen molar-refractivity contribution in [2.45, 2.75) is 13.5 Å². The molecule has 0 radical (unpaired) electrons. The highest BCUT2D eigenvalue weighted by Crippen LogP contribution is 2.26. The Bertz CT molecular complexity index is 1160. The van der Waals surface area contributed by atoms with Gasteiger partial charge in [0, 0.05) is 17.1 Å². The third kappa shape index (κ3) is 3.32. The Morgan fingerprint density at radius 3 is 2.61 bits per heavy atom. The lowest BCUT2D eigenvalue weighted by atomic mass is 10.0. The van der Waals surface area contributed by atoms with Gasteiger partial charge in [-0.1, -0.05) is 24.3 Å². The molecule has 0 unspecified atom stereocenters. The van der Waals surface area contributed by atoms with Crippen LogP contribution in [0.25, 0.3) is 22.2 Å². The number of methoxy groups -OCH3 is 1. The fourth-order valence-corrected chi connectivity index (χ4v) is 3.22. The Hall–Kier alpha value is -3.67. The van der Waals surface area contributed by atoms with Gasteiger partial charge in [0.05, 0.1) is 24.9 Å². The Morgan fingerprint density at radius 2 is 1.89 bits per heavy atom. The molecule has 0 aliphatic heterocycles. The number of pyridine rings is 1. The standard InChI is InChI=1S/C22H19N3O3/c1-14-20-11-18(16-4-3-5-17(10-16)22(26)27)12-23-21(20)25(24-14)13-15-6-8-19(28-2)9-7-15/h3-12H,13H2,1-2H3,(H,26,27). The van der Waals surface area contributed by atoms with Crippen LogP contribution in [0.2, 0.25) is 0 Å². The van der Waals surface area contributed by atoms with Gasteiger partial charge < -0.3 is 9.84 Å². The fourth-order valence-electron chi connectivity index (χ4n) is 3.22. The van der Waals surface area contributed by atoms with Gasteiger partial charge in [-0.25, -0.2) is 14.5 Å². The number of rotatable bonds is 5. The lowest BCUT2D eigenvalue weighted by Crippen LogP contribution is -2.03. The third-order valence-corrected chi connectivity index (χ3v) is 4.71. The number of fused-ring (bicyclic) bond motifs is 1. The van der Waals surface area contributed by atoms with E-state index < -0.39 is 5.97 Å². The third-order valence-electron chi connectivity index (χ3n) is 4.71. The number of hydrogen-bond donors (Lipinski definition) is 1. The van der Waals surface area contributed by atoms with E-state index in [0.29, 0.717) is 6.54 Å². The molecule has 0 amide bonds. The molecule has 4 aromatic rings. The van der Waals surface area contributed by atoms with E-state index in [1.807, 2.05) is 48.0 Å². The first-order valence-electron chi connectivity index (χ1n) is 8.85. The van der Waals surface area contributed by atoms with Crippen LogP contribution in [0.15, 0.2) is 60.8 Å². The number of carboxylic acids is 1. The predicted octanol–water partition coefficient (Wildman–Crippen LogP) is 4.16. The van der Waals surface area contributed by atoms with Gasteiger partial charge in [-0.2, -0.15) is 5.10 Å². The normalized spacial score (nSPS) is 10.9. The molecule has 2 aromatic carbocycles. The first-order chi connectivity index (χ1) is 13.5. The first kappa shape index (κ1) is 17.7. The van der Waals surface area contributed by atoms with E-state index in [0.717, 1.165) is 39.2 Å². The molecule has 0 bridgehead atoms. The summed E-state index contributed by atoms with van der Waals surface area (Å²) in [5.74, 6) is -0.129. The number of carboxylic acid groups (broad SMARTS) is 1. The second-order valence-electron chi connectivity index (χ2n) is 6.57. The number of hydrogen-bond acceptors (Lipinski definition) is 4. The van der Waals surface area contributed by atoms with Crippen molar-refractivity contribution in [2.75, 3.05) is 7.11 Å². The summed E-state index contributed by atoms with van der Waals surface area (Å²) < 4.78 is 7.08. The molecule has 1 N–H and O–H groups in total. The van der Waals surface area contributed by atoms with Crippen LogP contribution in [0.3, 0.4) is 0 Å². The van der Waals surface area contributed by atoms with E-state index in [2.05, 4.69) is 10.1 Å². The Labute approximate surface area is 162 Å². The topological polar surface area (TPSA) is 77.2 Å². The van der Waals surface area contributed by atoms with Crippen LogP contribution >= 0.6 is 0 Å². The molecule has 28 heavy (non-hydrogen) atoms. The van der Waals surface area contributed by atoms with Gasteiger partial charge in [0.2, 0.25) is 0 Å². The first-order valence-corrected chi connectivity index (χ1v) is 8.85. The molecule has 6 nitrogen and oxygen atoms in total. The van der Waals surface area contributed by atoms with Crippen molar-refractivity contribution in [1.29, 1.82) is 0 Å². The van der Waals surface area contributed by atoms with Gasteiger partial charge in [0.25, 0.3) is 0 Å². The number of aromatic nitrogens is 3. The van der Waals surface area contributed by atoms with E-state index in [1.54, 1.807) is 31.5 Å². The van der Waals surface area contributed by atoms with E-state index in [9.17, 15) is 9.90 Å². The molecule has 0 saturated heterocycles. The lowest BCUT2D eigenvalue weighted by molar-refractivity contribution is 0.0697. The van der Waals surface area contributed by atoms with E-state index >= 15 is 0 Å². The molecule has 0 aliphatic rings. The quantitative estimate of drug-likeness (QED) is 0.568. The van der Waals surface area contributed by atoms with Gasteiger partial charge in [0.1, 0.15) is 5.75 Å². The molecule has 2 heterocycles. The molecule has 4 rings (SSSR count). The molecule has 140 valence electrons. The zero-order valence-corrected chi connectivity index (χ0v) is 15.6. The van der Waals surface area contributed by atoms with Crippen molar-refractivity contribution in [3.8, 4) is 16.9 Å². The number of benzene rings is 2. The predicted molar refractivity (Wildman–Crippen MR) is 107 cm³/mol. The smallest absolute Gasteiger partial charge is 0.335 e. The summed E-state index contributed by atoms with van der Waals surface area (Å²) in [5, 5.41) is 14.8. The van der Waals surface area contributed by atoms with Crippen LogP contribution in [-0.4, -0.2) is 33.0 Å². The van der Waals surface area contributed by atoms with Gasteiger partial charge in [0.15, 0.2) is 5.65 Å². The highest BCUT2D eigenvalue weighted by Gasteiger charge is 2.12. The number of nitrogens with zero attached hydrogens (tertiary/aromatic N) is 3. The van der Waals surface area contributed by atoms with Crippen LogP contribution in [-0.2, 0) is 6.54 Å². The fraction of sp³-hybridized carbons (Fsp3) is 0.136. The maximum Gasteiger partial charge on any atom is 0.335 e. The Morgan fingerprint density at radius 1 is 1.11 bits per heavy atom. The van der Waals surface area contributed by atoms with Crippen molar-refractivity contribution in [3.05, 3.63) is 77.6 Å². The second kappa shape index (κ2) is 7.15. The highest BCUT2D eigenvalue weighted by atomic mass is 16.5. The average Bonchev–Trinajstić information content (AvgIpc) is 3.03. The van der Waals surface area contributed by atoms with E-state index in [-0.39, 0.29) is 5.56 Å². The van der Waals surface area contributed by atoms with Crippen LogP contribution in [0.1, 0.15) is 21.6 Å². The Kier molecular flexibility index (Phi) is 4.53. The number of aryl methyl sites for hydroxylation is 1. The summed E-state index contributed by atoms with van der Waals surface area (Å²) in [7, 11) is 1.65. The zero-order valence-electron chi connectivity index (χ0n) is 15.6. The van der Waals surface area contributed by atoms with Gasteiger partial charge in [-0.3, -0.25) is 0 Å². The monoisotopic (exact) mass is 373 g/mol. The number of aromatic carboxylic acids is 1. The molecule has 2 aromatic heterocycles. The molecule has 0 aliphatic carbocycles. The maximum absolute atomic E-state index is 11.2. The minimum Gasteiger partial charge on any atom is -0.497 e. The molecular weight excluding hydrogens is 354 g/mol. The highest BCUT2D eigenvalue weighted by molar-refractivity contribution is 5.90. The summed E-state index contributed by atoms with van der Waals surface area (Å²) in [5.41, 5.74) is 4.72. The maximum atomic E-state index is 11.2. The van der Waals surface area contributed by atoms with Crippen molar-refractivity contribution < 1.29 is 14.6 Å². The van der Waals surface area contributed by atoms with Gasteiger partial charge in [-0.15, -0.1) is 0 Å². The van der Waals surface area contributed by atoms with Crippen molar-refractivity contribution in [3.63, 3.8) is 0 Å². The molecule has 0 spiro atoms. The largest absolute Gasteiger partial charge is 0.497 e. The molecule has 6 heteroatoms. The minimum absolute atomic E-state index is 0.254. The lowest BCUT2D eigenvalue weighted by Gasteiger charge is -2.06. The number of carbonyl (C=O) groups is 1. The summed E-state index contributed by atoms with van der Waals surface area (Å²) >= 11 is 0. The average molecular weight is 373 g/mol. The van der Waals surface area contributed by atoms with E-state index in [1.165, 1.54) is 0 Å². The Balaban J connectivity index is 1.70. The zero-order chi connectivity index (χ0) is 19.7. The van der Waals surface area contributed by atoms with Crippen molar-refractivity contribution in [1.82, 2.24) is 14.8 Å². The number of ether oxygens (including phenoxy) is 1. The summed E-state index contributed by atoms with van der Waals surface area (Å²) in [6, 6.07) is 16.7. The van der Waals surface area contributed by atoms with Crippen LogP contribution in [0.5, 0.6) is 5.75 Å². The minimum atomic E-state index is -0.945.